The number of amides is 12. The summed E-state index contributed by atoms with van der Waals surface area (Å²) >= 11 is 0. The van der Waals surface area contributed by atoms with Gasteiger partial charge in [-0.2, -0.15) is 0 Å². The predicted octanol–water partition coefficient (Wildman–Crippen LogP) is 17.6. The van der Waals surface area contributed by atoms with Gasteiger partial charge in [0.05, 0.1) is 105 Å². The number of imide groups is 6. The Bertz CT molecular complexity index is 6810. The van der Waals surface area contributed by atoms with Crippen molar-refractivity contribution in [3.05, 3.63) is 404 Å². The van der Waals surface area contributed by atoms with Crippen molar-refractivity contribution in [1.82, 2.24) is 59.8 Å². The molecule has 0 bridgehead atoms. The molecule has 6 aliphatic heterocycles. The van der Waals surface area contributed by atoms with Crippen molar-refractivity contribution >= 4 is 105 Å². The molecule has 720 valence electrons. The Hall–Kier alpha value is -20.0. The van der Waals surface area contributed by atoms with E-state index in [1.165, 1.54) is 4.90 Å². The number of anilines is 6. The van der Waals surface area contributed by atoms with Crippen LogP contribution < -0.4 is 29.4 Å². The standard InChI is InChI=1S/3C40H26N6O4/c47-37-33-34(38(48)45(37)31-15-27(23-5-1-9-41-19-23)13-28(16-31)24-6-2-10-42-20-24)36-35(33)39(49)46(40(36)50)32-17-29(25-7-3-11-43-21-25)14-30(18-32)26-8-4-12-44-22-26;47-37-33-34(38(48)45(37)31-17-27(23-5-11-41-12-6-23)15-29(19-31)25-3-1-9-43-21-25)36-35(33)39(49)46(40(36)50)32-18-28(24-7-13-42-14-8-24)16-30(20-32)26-4-2-10-44-22-26;47-37-33-34(38(48)45(37)31-18-27(23-3-10-41-11-4-23)16-28(19-31)24-5-12-42-13-6-24)36-35(33)39(49)46(40(36)50)32-20-29(25-7-14-43-15-8-25)17-30(21-32)26-2-1-9-44-22-26/h3*1-22,33-36H. The van der Waals surface area contributed by atoms with Gasteiger partial charge in [-0.15, -0.1) is 0 Å². The van der Waals surface area contributed by atoms with E-state index in [0.29, 0.717) is 34.1 Å². The summed E-state index contributed by atoms with van der Waals surface area (Å²) in [6.07, 6.45) is 40.5. The van der Waals surface area contributed by atoms with E-state index in [1.807, 2.05) is 182 Å². The van der Waals surface area contributed by atoms with Gasteiger partial charge in [0, 0.05) is 188 Å². The maximum atomic E-state index is 14.2. The van der Waals surface area contributed by atoms with Gasteiger partial charge in [-0.1, -0.05) is 42.5 Å². The van der Waals surface area contributed by atoms with Crippen LogP contribution >= 0.6 is 0 Å². The van der Waals surface area contributed by atoms with Gasteiger partial charge in [0.25, 0.3) is 0 Å². The van der Waals surface area contributed by atoms with E-state index in [1.54, 1.807) is 222 Å². The molecule has 3 aliphatic carbocycles. The summed E-state index contributed by atoms with van der Waals surface area (Å²) in [7, 11) is 0. The molecule has 30 heteroatoms. The van der Waals surface area contributed by atoms with Crippen LogP contribution in [0.15, 0.2) is 404 Å². The number of pyridine rings is 12. The van der Waals surface area contributed by atoms with Crippen LogP contribution in [0.2, 0.25) is 0 Å². The first-order chi connectivity index (χ1) is 73.4. The molecular formula is C120H78N18O12. The van der Waals surface area contributed by atoms with Crippen LogP contribution in [0.1, 0.15) is 0 Å². The number of carbonyl (C=O) groups excluding carboxylic acids is 12. The first-order valence-corrected chi connectivity index (χ1v) is 48.5. The number of hydrogen-bond acceptors (Lipinski definition) is 24. The monoisotopic (exact) mass is 1960 g/mol. The molecule has 27 rings (SSSR count). The van der Waals surface area contributed by atoms with Crippen molar-refractivity contribution in [1.29, 1.82) is 0 Å². The molecule has 9 aliphatic rings. The molecule has 18 heterocycles. The first kappa shape index (κ1) is 91.2. The summed E-state index contributed by atoms with van der Waals surface area (Å²) < 4.78 is 0. The van der Waals surface area contributed by atoms with E-state index >= 15 is 0 Å². The number of benzene rings is 6. The number of carbonyl (C=O) groups is 12. The van der Waals surface area contributed by atoms with Gasteiger partial charge in [-0.3, -0.25) is 117 Å². The molecule has 30 nitrogen and oxygen atoms in total. The van der Waals surface area contributed by atoms with Crippen molar-refractivity contribution in [2.45, 2.75) is 0 Å². The topological polar surface area (TPSA) is 379 Å². The Labute approximate surface area is 854 Å². The lowest BCUT2D eigenvalue weighted by molar-refractivity contribution is -0.146. The highest BCUT2D eigenvalue weighted by atomic mass is 16.2. The van der Waals surface area contributed by atoms with E-state index in [2.05, 4.69) is 59.8 Å². The zero-order valence-corrected chi connectivity index (χ0v) is 79.0. The molecule has 12 amide bonds. The molecule has 6 aromatic carbocycles. The second-order valence-corrected chi connectivity index (χ2v) is 37.9. The average molecular weight is 1960 g/mol. The molecule has 12 aromatic heterocycles. The fraction of sp³-hybridized carbons (Fsp3) is 0.100. The second kappa shape index (κ2) is 37.3. The Morgan fingerprint density at radius 3 is 0.340 bits per heavy atom. The molecule has 18 aromatic rings. The first-order valence-electron chi connectivity index (χ1n) is 48.5. The van der Waals surface area contributed by atoms with Gasteiger partial charge >= 0.3 is 0 Å². The summed E-state index contributed by atoms with van der Waals surface area (Å²) in [6, 6.07) is 77.7. The lowest BCUT2D eigenvalue weighted by Gasteiger charge is -2.36. The Balaban J connectivity index is 0.000000116. The van der Waals surface area contributed by atoms with Gasteiger partial charge in [0.2, 0.25) is 70.9 Å². The number of hydrogen-bond donors (Lipinski definition) is 0. The predicted molar refractivity (Wildman–Crippen MR) is 554 cm³/mol. The number of rotatable bonds is 18. The number of fused-ring (bicyclic) bond motifs is 12. The molecule has 9 fully saturated rings. The summed E-state index contributed by atoms with van der Waals surface area (Å²) in [5, 5.41) is 0. The lowest BCUT2D eigenvalue weighted by atomic mass is 9.59. The van der Waals surface area contributed by atoms with Gasteiger partial charge in [0.15, 0.2) is 0 Å². The number of aromatic nitrogens is 12. The van der Waals surface area contributed by atoms with Gasteiger partial charge in [-0.05, 0) is 307 Å². The molecule has 4 atom stereocenters. The maximum absolute atomic E-state index is 14.2. The minimum atomic E-state index is -0.933. The molecule has 4 unspecified atom stereocenters. The minimum absolute atomic E-state index is 0.370. The molecule has 0 radical (unpaired) electrons. The molecular weight excluding hydrogens is 1890 g/mol. The molecule has 150 heavy (non-hydrogen) atoms. The summed E-state index contributed by atoms with van der Waals surface area (Å²) in [4.78, 5) is 227. The zero-order valence-electron chi connectivity index (χ0n) is 79.0. The van der Waals surface area contributed by atoms with Crippen LogP contribution in [0.4, 0.5) is 34.1 Å². The van der Waals surface area contributed by atoms with Crippen molar-refractivity contribution in [3.8, 4) is 134 Å². The normalized spacial score (nSPS) is 20.9. The lowest BCUT2D eigenvalue weighted by Crippen LogP contribution is -2.50. The summed E-state index contributed by atoms with van der Waals surface area (Å²) in [5.74, 6) is -16.9. The maximum Gasteiger partial charge on any atom is 0.238 e. The summed E-state index contributed by atoms with van der Waals surface area (Å²) in [6.45, 7) is 0. The zero-order chi connectivity index (χ0) is 102. The fourth-order valence-corrected chi connectivity index (χ4v) is 22.8. The van der Waals surface area contributed by atoms with E-state index in [9.17, 15) is 57.5 Å². The van der Waals surface area contributed by atoms with Crippen molar-refractivity contribution in [3.63, 3.8) is 0 Å². The van der Waals surface area contributed by atoms with Crippen LogP contribution in [0.25, 0.3) is 134 Å². The van der Waals surface area contributed by atoms with Crippen molar-refractivity contribution in [2.75, 3.05) is 29.4 Å². The molecule has 0 spiro atoms. The molecule has 3 saturated carbocycles. The van der Waals surface area contributed by atoms with Crippen LogP contribution in [-0.4, -0.2) is 131 Å². The van der Waals surface area contributed by atoms with Gasteiger partial charge in [-0.25, -0.2) is 29.4 Å². The quantitative estimate of drug-likeness (QED) is 0.0720. The highest BCUT2D eigenvalue weighted by Gasteiger charge is 2.77. The molecule has 0 N–H and O–H groups in total. The van der Waals surface area contributed by atoms with E-state index < -0.39 is 142 Å². The van der Waals surface area contributed by atoms with Gasteiger partial charge < -0.3 is 0 Å². The SMILES string of the molecule is O=C1C2C(C(=O)N1c1cc(-c3cccnc3)cc(-c3cccnc3)c1)C1C(=O)N(c3cc(-c4cccnc4)cc(-c4cccnc4)c3)C(=O)C21.O=C1C2C(C(=O)N1c1cc(-c3ccncc3)cc(-c3cccnc3)c1)C1C(=O)N(c3cc(-c4ccncc4)cc(-c4cccnc4)c3)C(=O)C21.O=C1C2C(C(=O)N1c1cc(-c3ccncc3)cc(-c3ccncc3)c1)C1C(=O)N(c3cc(-c4ccncc4)cc(-c4cccnc4)c3)C(=O)C21. The van der Waals surface area contributed by atoms with E-state index in [0.717, 1.165) is 158 Å². The van der Waals surface area contributed by atoms with E-state index in [-0.39, 0.29) is 0 Å². The third-order valence-electron chi connectivity index (χ3n) is 29.8. The Morgan fingerprint density at radius 1 is 0.120 bits per heavy atom. The van der Waals surface area contributed by atoms with E-state index in [4.69, 9.17) is 0 Å². The molecule has 6 saturated heterocycles. The fourth-order valence-electron chi connectivity index (χ4n) is 22.8. The average Bonchev–Trinajstić information content (AvgIpc) is 1.52. The van der Waals surface area contributed by atoms with Crippen LogP contribution in [0.3, 0.4) is 0 Å². The smallest absolute Gasteiger partial charge is 0.238 e. The number of nitrogens with zero attached hydrogens (tertiary/aromatic N) is 18. The van der Waals surface area contributed by atoms with Crippen LogP contribution in [0, 0.1) is 71.0 Å². The largest absolute Gasteiger partial charge is 0.274 e. The third kappa shape index (κ3) is 15.6. The van der Waals surface area contributed by atoms with Gasteiger partial charge in [0.1, 0.15) is 0 Å². The van der Waals surface area contributed by atoms with Crippen molar-refractivity contribution in [2.24, 2.45) is 71.0 Å². The van der Waals surface area contributed by atoms with Crippen LogP contribution in [0.5, 0.6) is 0 Å². The highest BCUT2D eigenvalue weighted by Crippen LogP contribution is 2.62. The second-order valence-electron chi connectivity index (χ2n) is 37.9. The van der Waals surface area contributed by atoms with Crippen LogP contribution in [-0.2, 0) is 57.5 Å². The van der Waals surface area contributed by atoms with Crippen molar-refractivity contribution < 1.29 is 57.5 Å². The highest BCUT2D eigenvalue weighted by molar-refractivity contribution is 6.36. The summed E-state index contributed by atoms with van der Waals surface area (Å²) in [5.41, 5.74) is 21.4. The third-order valence-corrected chi connectivity index (χ3v) is 29.8. The minimum Gasteiger partial charge on any atom is -0.274 e. The Kier molecular flexibility index (Phi) is 22.7. The Morgan fingerprint density at radius 2 is 0.233 bits per heavy atom.